The highest BCUT2D eigenvalue weighted by Gasteiger charge is 2.27. The van der Waals surface area contributed by atoms with Gasteiger partial charge in [-0.25, -0.2) is 9.97 Å². The highest BCUT2D eigenvalue weighted by molar-refractivity contribution is 6.26. The van der Waals surface area contributed by atoms with Crippen molar-refractivity contribution in [3.63, 3.8) is 0 Å². The fourth-order valence-corrected chi connectivity index (χ4v) is 11.0. The molecule has 0 unspecified atom stereocenters. The number of benzene rings is 8. The molecule has 8 aromatic carbocycles. The Morgan fingerprint density at radius 3 is 1.07 bits per heavy atom. The topological polar surface area (TPSA) is 34.6 Å². The van der Waals surface area contributed by atoms with E-state index in [0.29, 0.717) is 0 Å². The fourth-order valence-electron chi connectivity index (χ4n) is 11.0. The Balaban J connectivity index is 1.02. The standard InChI is InChI=1S/C54H34N4/c1-5-19-39-33(13-1)35-15-3-7-21-41(35)51-49(39)55-53-43-27-25-31(29-45(43)37-17-9-11-23-47(37)57(51)53)32-26-28-44-46(30-32)38-18-10-12-24-48(38)58-52-42-22-8-4-16-36(42)34-14-2-6-20-40(34)50(52)56-54(44)58/h1-24,29-30H,25-28H2. The first-order valence-electron chi connectivity index (χ1n) is 20.5. The van der Waals surface area contributed by atoms with E-state index in [2.05, 4.69) is 167 Å². The molecule has 0 aliphatic heterocycles. The van der Waals surface area contributed by atoms with Crippen LogP contribution in [0.15, 0.2) is 157 Å². The number of rotatable bonds is 1. The van der Waals surface area contributed by atoms with Crippen LogP contribution in [0.5, 0.6) is 0 Å². The van der Waals surface area contributed by atoms with E-state index in [4.69, 9.17) is 9.97 Å². The molecule has 0 saturated heterocycles. The lowest BCUT2D eigenvalue weighted by atomic mass is 9.81. The van der Waals surface area contributed by atoms with E-state index in [9.17, 15) is 0 Å². The van der Waals surface area contributed by atoms with Crippen LogP contribution >= 0.6 is 0 Å². The van der Waals surface area contributed by atoms with Crippen LogP contribution in [0.4, 0.5) is 0 Å². The molecule has 0 radical (unpaired) electrons. The van der Waals surface area contributed by atoms with Crippen LogP contribution in [0.1, 0.15) is 35.1 Å². The van der Waals surface area contributed by atoms with E-state index in [1.165, 1.54) is 109 Å². The second-order valence-electron chi connectivity index (χ2n) is 16.3. The van der Waals surface area contributed by atoms with Crippen LogP contribution in [-0.2, 0) is 12.8 Å². The molecule has 0 atom stereocenters. The summed E-state index contributed by atoms with van der Waals surface area (Å²) in [6, 6.07) is 53.2. The normalized spacial score (nSPS) is 14.5. The molecule has 0 N–H and O–H groups in total. The molecule has 58 heavy (non-hydrogen) atoms. The lowest BCUT2D eigenvalue weighted by Gasteiger charge is -2.25. The second-order valence-corrected chi connectivity index (χ2v) is 16.3. The van der Waals surface area contributed by atoms with Gasteiger partial charge in [0.1, 0.15) is 11.3 Å². The Morgan fingerprint density at radius 2 is 0.655 bits per heavy atom. The van der Waals surface area contributed by atoms with Gasteiger partial charge in [-0.05, 0) is 81.6 Å². The van der Waals surface area contributed by atoms with Gasteiger partial charge in [0.05, 0.1) is 33.1 Å². The highest BCUT2D eigenvalue weighted by atomic mass is 15.0. The molecule has 2 aliphatic rings. The van der Waals surface area contributed by atoms with Crippen molar-refractivity contribution in [2.24, 2.45) is 0 Å². The van der Waals surface area contributed by atoms with Crippen molar-refractivity contribution < 1.29 is 0 Å². The van der Waals surface area contributed by atoms with Gasteiger partial charge in [-0.1, -0.05) is 146 Å². The Labute approximate surface area is 332 Å². The van der Waals surface area contributed by atoms with Crippen molar-refractivity contribution >= 4 is 110 Å². The molecule has 0 spiro atoms. The molecule has 2 aliphatic carbocycles. The first-order valence-corrected chi connectivity index (χ1v) is 20.5. The zero-order chi connectivity index (χ0) is 37.6. The molecule has 14 rings (SSSR count). The van der Waals surface area contributed by atoms with Crippen LogP contribution in [0.25, 0.3) is 110 Å². The van der Waals surface area contributed by atoms with Crippen LogP contribution < -0.4 is 0 Å². The number of pyridine rings is 2. The van der Waals surface area contributed by atoms with Crippen molar-refractivity contribution in [3.05, 3.63) is 179 Å². The lowest BCUT2D eigenvalue weighted by Crippen LogP contribution is -2.10. The number of aryl methyl sites for hydroxylation is 2. The third kappa shape index (κ3) is 3.89. The molecule has 4 aromatic heterocycles. The number of nitrogens with zero attached hydrogens (tertiary/aromatic N) is 4. The molecular formula is C54H34N4. The summed E-state index contributed by atoms with van der Waals surface area (Å²) in [6.07, 6.45) is 8.89. The number of hydrogen-bond acceptors (Lipinski definition) is 2. The molecule has 4 nitrogen and oxygen atoms in total. The second kappa shape index (κ2) is 11.2. The van der Waals surface area contributed by atoms with Crippen molar-refractivity contribution in [2.75, 3.05) is 0 Å². The SMILES string of the molecule is C1=C(C2=Cc3c(c4nc5c6ccccc6c6ccccc6c5n4c4ccccc34)CC2)CCc2c1c1ccccc1n1c2nc2c3ccccc3c3ccccc3c21. The maximum absolute atomic E-state index is 5.55. The Hall–Kier alpha value is -7.30. The smallest absolute Gasteiger partial charge is 0.142 e. The summed E-state index contributed by atoms with van der Waals surface area (Å²) in [5.74, 6) is 0. The summed E-state index contributed by atoms with van der Waals surface area (Å²) >= 11 is 0. The minimum atomic E-state index is 0.949. The van der Waals surface area contributed by atoms with Crippen LogP contribution in [0.3, 0.4) is 0 Å². The van der Waals surface area contributed by atoms with Gasteiger partial charge < -0.3 is 0 Å². The third-order valence-corrected chi connectivity index (χ3v) is 13.5. The number of allylic oxidation sites excluding steroid dienone is 2. The summed E-state index contributed by atoms with van der Waals surface area (Å²) in [5, 5.41) is 12.6. The van der Waals surface area contributed by atoms with Gasteiger partial charge in [0, 0.05) is 43.4 Å². The van der Waals surface area contributed by atoms with Crippen LogP contribution in [-0.4, -0.2) is 18.8 Å². The van der Waals surface area contributed by atoms with Crippen molar-refractivity contribution in [1.82, 2.24) is 18.8 Å². The summed E-state index contributed by atoms with van der Waals surface area (Å²) in [5.41, 5.74) is 17.4. The average molecular weight is 739 g/mol. The molecule has 0 saturated carbocycles. The van der Waals surface area contributed by atoms with Crippen molar-refractivity contribution in [3.8, 4) is 0 Å². The Bertz CT molecular complexity index is 3650. The zero-order valence-electron chi connectivity index (χ0n) is 31.6. The number of para-hydroxylation sites is 2. The van der Waals surface area contributed by atoms with E-state index in [1.807, 2.05) is 0 Å². The highest BCUT2D eigenvalue weighted by Crippen LogP contribution is 2.45. The Morgan fingerprint density at radius 1 is 0.328 bits per heavy atom. The minimum Gasteiger partial charge on any atom is -0.291 e. The molecule has 4 heteroatoms. The van der Waals surface area contributed by atoms with E-state index in [1.54, 1.807) is 0 Å². The van der Waals surface area contributed by atoms with Gasteiger partial charge in [-0.3, -0.25) is 8.80 Å². The predicted molar refractivity (Wildman–Crippen MR) is 243 cm³/mol. The quantitative estimate of drug-likeness (QED) is 0.157. The van der Waals surface area contributed by atoms with Gasteiger partial charge in [0.15, 0.2) is 0 Å². The first-order chi connectivity index (χ1) is 28.8. The average Bonchev–Trinajstić information content (AvgIpc) is 3.91. The van der Waals surface area contributed by atoms with E-state index in [-0.39, 0.29) is 0 Å². The van der Waals surface area contributed by atoms with Crippen molar-refractivity contribution in [2.45, 2.75) is 25.7 Å². The van der Waals surface area contributed by atoms with E-state index >= 15 is 0 Å². The minimum absolute atomic E-state index is 0.949. The number of hydrogen-bond donors (Lipinski definition) is 0. The monoisotopic (exact) mass is 738 g/mol. The number of imidazole rings is 2. The number of aromatic nitrogens is 4. The predicted octanol–water partition coefficient (Wildman–Crippen LogP) is 13.6. The van der Waals surface area contributed by atoms with Crippen LogP contribution in [0.2, 0.25) is 0 Å². The van der Waals surface area contributed by atoms with E-state index in [0.717, 1.165) is 48.0 Å². The van der Waals surface area contributed by atoms with Crippen LogP contribution in [0, 0.1) is 0 Å². The largest absolute Gasteiger partial charge is 0.291 e. The Kier molecular flexibility index (Phi) is 5.95. The maximum atomic E-state index is 5.55. The zero-order valence-corrected chi connectivity index (χ0v) is 31.6. The molecule has 270 valence electrons. The first kappa shape index (κ1) is 30.9. The lowest BCUT2D eigenvalue weighted by molar-refractivity contribution is 0.875. The summed E-state index contributed by atoms with van der Waals surface area (Å²) in [4.78, 5) is 11.1. The molecular weight excluding hydrogens is 705 g/mol. The van der Waals surface area contributed by atoms with Gasteiger partial charge in [-0.2, -0.15) is 0 Å². The third-order valence-electron chi connectivity index (χ3n) is 13.5. The summed E-state index contributed by atoms with van der Waals surface area (Å²) in [6.45, 7) is 0. The van der Waals surface area contributed by atoms with Gasteiger partial charge >= 0.3 is 0 Å². The number of fused-ring (bicyclic) bond motifs is 26. The van der Waals surface area contributed by atoms with Gasteiger partial charge in [-0.15, -0.1) is 0 Å². The van der Waals surface area contributed by atoms with Crippen molar-refractivity contribution in [1.29, 1.82) is 0 Å². The summed E-state index contributed by atoms with van der Waals surface area (Å²) in [7, 11) is 0. The molecule has 0 amide bonds. The van der Waals surface area contributed by atoms with Gasteiger partial charge in [0.2, 0.25) is 0 Å². The fraction of sp³-hybridized carbons (Fsp3) is 0.0741. The molecule has 4 heterocycles. The molecule has 0 fully saturated rings. The molecule has 0 bridgehead atoms. The molecule has 12 aromatic rings. The van der Waals surface area contributed by atoms with E-state index < -0.39 is 0 Å². The van der Waals surface area contributed by atoms with Gasteiger partial charge in [0.25, 0.3) is 0 Å². The maximum Gasteiger partial charge on any atom is 0.142 e. The summed E-state index contributed by atoms with van der Waals surface area (Å²) < 4.78 is 4.93.